The van der Waals surface area contributed by atoms with Gasteiger partial charge in [0.1, 0.15) is 6.10 Å². The van der Waals surface area contributed by atoms with Gasteiger partial charge in [-0.05, 0) is 12.8 Å². The zero-order valence-electron chi connectivity index (χ0n) is 12.7. The fourth-order valence-electron chi connectivity index (χ4n) is 3.34. The molecular weight excluding hydrogens is 357 g/mol. The van der Waals surface area contributed by atoms with Crippen LogP contribution in [-0.2, 0) is 14.3 Å². The summed E-state index contributed by atoms with van der Waals surface area (Å²) >= 11 is 0. The largest absolute Gasteiger partial charge is 0.428 e. The number of guanidine groups is 1. The summed E-state index contributed by atoms with van der Waals surface area (Å²) in [4.78, 5) is 50.9. The molecule has 3 heterocycles. The van der Waals surface area contributed by atoms with Gasteiger partial charge in [0.05, 0.1) is 11.8 Å². The fourth-order valence-corrected chi connectivity index (χ4v) is 3.53. The number of nitrogens with zero attached hydrogens (tertiary/aromatic N) is 3. The number of aliphatic imine (C=N–C) groups is 2. The minimum absolute atomic E-state index is 0.0652. The van der Waals surface area contributed by atoms with E-state index < -0.39 is 56.2 Å². The van der Waals surface area contributed by atoms with Gasteiger partial charge < -0.3 is 35.0 Å². The normalized spacial score (nSPS) is 37.9. The second-order valence-corrected chi connectivity index (χ2v) is 7.23. The summed E-state index contributed by atoms with van der Waals surface area (Å²) < 4.78 is 10.6. The van der Waals surface area contributed by atoms with Crippen molar-refractivity contribution in [2.24, 2.45) is 21.1 Å². The number of rotatable bonds is 3. The summed E-state index contributed by atoms with van der Waals surface area (Å²) in [5.41, 5.74) is 3.56. The summed E-state index contributed by atoms with van der Waals surface area (Å²) in [7, 11) is -2.91. The maximum Gasteiger partial charge on any atom is 0.385 e. The second-order valence-electron chi connectivity index (χ2n) is 6.28. The summed E-state index contributed by atoms with van der Waals surface area (Å²) in [6, 6.07) is -0.817. The van der Waals surface area contributed by atoms with E-state index in [1.54, 1.807) is 0 Å². The number of ether oxygens (including phenoxy) is 2. The summed E-state index contributed by atoms with van der Waals surface area (Å²) in [5, 5.41) is 13.0. The molecule has 1 amide bonds. The monoisotopic (exact) mass is 373 g/mol. The molecule has 0 bridgehead atoms. The Morgan fingerprint density at radius 1 is 1.52 bits per heavy atom. The first-order valence-electron chi connectivity index (χ1n) is 7.50. The quantitative estimate of drug-likeness (QED) is 0.341. The topological polar surface area (TPSA) is 179 Å². The Balaban J connectivity index is 1.56. The maximum atomic E-state index is 11.9. The van der Waals surface area contributed by atoms with Gasteiger partial charge in [0, 0.05) is 0 Å². The maximum absolute atomic E-state index is 11.9. The summed E-state index contributed by atoms with van der Waals surface area (Å²) in [6.45, 7) is 0. The van der Waals surface area contributed by atoms with Crippen molar-refractivity contribution in [2.75, 3.05) is 0 Å². The van der Waals surface area contributed by atoms with Crippen LogP contribution in [-0.4, -0.2) is 74.5 Å². The predicted octanol–water partition coefficient (Wildman–Crippen LogP) is -2.27. The van der Waals surface area contributed by atoms with Crippen LogP contribution in [0.25, 0.3) is 0 Å². The molecule has 0 aromatic heterocycles. The first-order chi connectivity index (χ1) is 11.8. The van der Waals surface area contributed by atoms with Crippen molar-refractivity contribution < 1.29 is 34.0 Å². The third-order valence-electron chi connectivity index (χ3n) is 4.82. The van der Waals surface area contributed by atoms with Crippen molar-refractivity contribution in [3.8, 4) is 0 Å². The molecule has 0 aromatic rings. The molecule has 6 N–H and O–H groups in total. The molecule has 2 fully saturated rings. The molecule has 4 aliphatic rings. The Hall–Kier alpha value is -1.85. The van der Waals surface area contributed by atoms with E-state index in [1.807, 2.05) is 0 Å². The van der Waals surface area contributed by atoms with Crippen LogP contribution in [0.5, 0.6) is 0 Å². The van der Waals surface area contributed by atoms with E-state index in [4.69, 9.17) is 25.0 Å². The summed E-state index contributed by atoms with van der Waals surface area (Å²) in [5.74, 6) is -0.483. The minimum Gasteiger partial charge on any atom is -0.428 e. The lowest BCUT2D eigenvalue weighted by molar-refractivity contribution is -0.144. The van der Waals surface area contributed by atoms with Crippen LogP contribution >= 0.6 is 8.38 Å². The van der Waals surface area contributed by atoms with Crippen LogP contribution in [0.15, 0.2) is 9.98 Å². The van der Waals surface area contributed by atoms with Gasteiger partial charge in [-0.25, -0.2) is 9.79 Å². The van der Waals surface area contributed by atoms with Crippen molar-refractivity contribution in [2.45, 2.75) is 43.7 Å². The number of carbonyl (C=O) groups is 2. The number of nitrogens with one attached hydrogen (secondary N) is 1. The molecule has 2 unspecified atom stereocenters. The number of nitrogens with two attached hydrogens (primary N) is 1. The van der Waals surface area contributed by atoms with Gasteiger partial charge in [0.25, 0.3) is 14.3 Å². The molecule has 4 rings (SSSR count). The molecule has 12 nitrogen and oxygen atoms in total. The minimum atomic E-state index is -2.91. The molecule has 1 spiro atoms. The van der Waals surface area contributed by atoms with Crippen LogP contribution in [0.3, 0.4) is 0 Å². The van der Waals surface area contributed by atoms with Crippen LogP contribution in [0, 0.1) is 5.41 Å². The number of fused-ring (bicyclic) bond motifs is 1. The fraction of sp³-hybridized carbons (Fsp3) is 0.667. The van der Waals surface area contributed by atoms with E-state index in [1.165, 1.54) is 11.2 Å². The number of aliphatic hydroxyl groups excluding tert-OH is 1. The van der Waals surface area contributed by atoms with E-state index >= 15 is 0 Å². The van der Waals surface area contributed by atoms with E-state index in [2.05, 4.69) is 15.3 Å². The van der Waals surface area contributed by atoms with Crippen molar-refractivity contribution in [1.29, 1.82) is 0 Å². The van der Waals surface area contributed by atoms with Gasteiger partial charge in [-0.15, -0.1) is 0 Å². The average Bonchev–Trinajstić information content (AvgIpc) is 3.18. The molecule has 1 aliphatic carbocycles. The third kappa shape index (κ3) is 2.49. The first kappa shape index (κ1) is 16.6. The molecule has 5 atom stereocenters. The van der Waals surface area contributed by atoms with Crippen molar-refractivity contribution in [3.63, 3.8) is 0 Å². The van der Waals surface area contributed by atoms with E-state index in [9.17, 15) is 14.7 Å². The molecule has 136 valence electrons. The average molecular weight is 373 g/mol. The highest BCUT2D eigenvalue weighted by Crippen LogP contribution is 2.59. The van der Waals surface area contributed by atoms with Crippen LogP contribution in [0.2, 0.25) is 0 Å². The SMILES string of the molecule is NC1=NC2C(N=CN2[C@@H]2O[C@H](OC(=O)P(O)O)C3(CC3)[C@H]2O)C(=O)N1. The van der Waals surface area contributed by atoms with E-state index in [0.29, 0.717) is 12.8 Å². The lowest BCUT2D eigenvalue weighted by Crippen LogP contribution is -2.56. The van der Waals surface area contributed by atoms with Crippen molar-refractivity contribution >= 4 is 32.3 Å². The van der Waals surface area contributed by atoms with Crippen molar-refractivity contribution in [1.82, 2.24) is 10.2 Å². The number of carbonyl (C=O) groups excluding carboxylic acids is 2. The van der Waals surface area contributed by atoms with E-state index in [-0.39, 0.29) is 5.96 Å². The number of amides is 1. The van der Waals surface area contributed by atoms with Gasteiger partial charge in [-0.1, -0.05) is 0 Å². The molecule has 3 aliphatic heterocycles. The molecule has 25 heavy (non-hydrogen) atoms. The van der Waals surface area contributed by atoms with Gasteiger partial charge in [0.2, 0.25) is 6.29 Å². The highest BCUT2D eigenvalue weighted by molar-refractivity contribution is 7.63. The zero-order valence-corrected chi connectivity index (χ0v) is 13.6. The smallest absolute Gasteiger partial charge is 0.385 e. The first-order valence-corrected chi connectivity index (χ1v) is 8.75. The number of aliphatic hydroxyl groups is 1. The molecule has 0 aromatic carbocycles. The Morgan fingerprint density at radius 2 is 2.24 bits per heavy atom. The Bertz CT molecular complexity index is 681. The molecular formula is C12H16N5O7P. The highest BCUT2D eigenvalue weighted by atomic mass is 31.2. The van der Waals surface area contributed by atoms with Crippen LogP contribution in [0.1, 0.15) is 12.8 Å². The van der Waals surface area contributed by atoms with Gasteiger partial charge in [-0.2, -0.15) is 0 Å². The van der Waals surface area contributed by atoms with Crippen LogP contribution < -0.4 is 11.1 Å². The Labute approximate surface area is 142 Å². The highest BCUT2D eigenvalue weighted by Gasteiger charge is 2.67. The third-order valence-corrected chi connectivity index (χ3v) is 5.26. The zero-order chi connectivity index (χ0) is 17.9. The van der Waals surface area contributed by atoms with Crippen molar-refractivity contribution in [3.05, 3.63) is 0 Å². The lowest BCUT2D eigenvalue weighted by atomic mass is 9.99. The predicted molar refractivity (Wildman–Crippen MR) is 81.8 cm³/mol. The molecule has 1 saturated carbocycles. The van der Waals surface area contributed by atoms with Gasteiger partial charge in [0.15, 0.2) is 24.4 Å². The Kier molecular flexibility index (Phi) is 3.71. The van der Waals surface area contributed by atoms with Gasteiger partial charge >= 0.3 is 5.71 Å². The number of hydrogen-bond acceptors (Lipinski definition) is 11. The Morgan fingerprint density at radius 3 is 2.88 bits per heavy atom. The molecule has 13 heteroatoms. The standard InChI is InChI=1S/C12H16N5O7P/c13-10-15-6-4(7(19)16-10)14-3-17(6)8-5(18)12(1-2-12)9(23-8)24-11(20)25(21)22/h3-6,8-9,18,21-22H,1-2H2,(H3,13,15,16,19)/t4?,5-,6?,8+,9+/m0/s1. The molecule has 1 saturated heterocycles. The summed E-state index contributed by atoms with van der Waals surface area (Å²) in [6.07, 6.45) is -1.48. The number of hydrogen-bond donors (Lipinski definition) is 5. The molecule has 0 radical (unpaired) electrons. The van der Waals surface area contributed by atoms with E-state index in [0.717, 1.165) is 0 Å². The second kappa shape index (κ2) is 5.58. The van der Waals surface area contributed by atoms with Crippen LogP contribution in [0.4, 0.5) is 4.79 Å². The lowest BCUT2D eigenvalue weighted by Gasteiger charge is -2.32. The van der Waals surface area contributed by atoms with Gasteiger partial charge in [-0.3, -0.25) is 15.1 Å².